The third-order valence-electron chi connectivity index (χ3n) is 6.70. The van der Waals surface area contributed by atoms with Gasteiger partial charge in [-0.2, -0.15) is 8.42 Å². The number of nitrogens with zero attached hydrogens (tertiary/aromatic N) is 1. The molecule has 0 aliphatic heterocycles. The Morgan fingerprint density at radius 3 is 2.50 bits per heavy atom. The molecule has 2 aromatic rings. The van der Waals surface area contributed by atoms with Crippen molar-refractivity contribution in [3.8, 4) is 5.69 Å². The zero-order chi connectivity index (χ0) is 24.8. The van der Waals surface area contributed by atoms with Gasteiger partial charge >= 0.3 is 10.4 Å². The Morgan fingerprint density at radius 1 is 1.21 bits per heavy atom. The van der Waals surface area contributed by atoms with E-state index in [4.69, 9.17) is 14.5 Å². The van der Waals surface area contributed by atoms with Gasteiger partial charge in [0.1, 0.15) is 0 Å². The van der Waals surface area contributed by atoms with E-state index >= 15 is 0 Å². The van der Waals surface area contributed by atoms with Crippen molar-refractivity contribution in [1.82, 2.24) is 4.57 Å². The summed E-state index contributed by atoms with van der Waals surface area (Å²) in [5.74, 6) is -0.405. The van der Waals surface area contributed by atoms with Crippen molar-refractivity contribution in [3.05, 3.63) is 46.8 Å². The van der Waals surface area contributed by atoms with Crippen molar-refractivity contribution in [2.75, 3.05) is 5.32 Å². The molecule has 1 aromatic heterocycles. The van der Waals surface area contributed by atoms with Crippen LogP contribution >= 0.6 is 0 Å². The van der Waals surface area contributed by atoms with Gasteiger partial charge in [0.2, 0.25) is 0 Å². The van der Waals surface area contributed by atoms with Crippen molar-refractivity contribution in [2.24, 2.45) is 11.1 Å². The van der Waals surface area contributed by atoms with Crippen molar-refractivity contribution in [1.29, 1.82) is 0 Å². The molecule has 2 aliphatic rings. The lowest BCUT2D eigenvalue weighted by molar-refractivity contribution is 0.0909. The van der Waals surface area contributed by atoms with Gasteiger partial charge in [0, 0.05) is 41.3 Å². The normalized spacial score (nSPS) is 22.3. The van der Waals surface area contributed by atoms with Gasteiger partial charge in [-0.1, -0.05) is 13.8 Å². The number of aromatic nitrogens is 1. The number of benzene rings is 1. The number of carbonyl (C=O) groups excluding carboxylic acids is 2. The lowest BCUT2D eigenvalue weighted by Crippen LogP contribution is -2.31. The number of aryl methyl sites for hydroxylation is 1. The van der Waals surface area contributed by atoms with Gasteiger partial charge in [0.25, 0.3) is 5.91 Å². The van der Waals surface area contributed by atoms with Crippen LogP contribution in [0.2, 0.25) is 0 Å². The highest BCUT2D eigenvalue weighted by Crippen LogP contribution is 2.38. The number of amides is 1. The topological polar surface area (TPSA) is 141 Å². The average molecular weight is 490 g/mol. The number of nitrogens with two attached hydrogens (primary N) is 1. The molecule has 10 heteroatoms. The van der Waals surface area contributed by atoms with E-state index in [1.54, 1.807) is 6.07 Å². The second-order valence-electron chi connectivity index (χ2n) is 10.2. The van der Waals surface area contributed by atoms with Gasteiger partial charge in [-0.15, -0.1) is 0 Å². The van der Waals surface area contributed by atoms with Crippen LogP contribution in [0.3, 0.4) is 0 Å². The van der Waals surface area contributed by atoms with Crippen LogP contribution < -0.4 is 11.1 Å². The molecule has 0 radical (unpaired) electrons. The quantitative estimate of drug-likeness (QED) is 0.527. The Morgan fingerprint density at radius 2 is 1.88 bits per heavy atom. The first-order valence-electron chi connectivity index (χ1n) is 11.4. The lowest BCUT2D eigenvalue weighted by atomic mass is 9.75. The fourth-order valence-corrected chi connectivity index (χ4v) is 5.76. The first kappa shape index (κ1) is 24.4. The number of hydrogen-bond donors (Lipinski definition) is 3. The van der Waals surface area contributed by atoms with Crippen molar-refractivity contribution >= 4 is 27.8 Å². The molecule has 2 aliphatic carbocycles. The fraction of sp³-hybridized carbons (Fsp3) is 0.500. The Labute approximate surface area is 199 Å². The number of Topliss-reactive ketones (excluding diaryl/α,β-unsaturated/α-hetero) is 1. The molecule has 1 fully saturated rings. The molecule has 1 saturated carbocycles. The van der Waals surface area contributed by atoms with Crippen LogP contribution in [-0.4, -0.2) is 41.4 Å². The molecule has 4 rings (SSSR count). The summed E-state index contributed by atoms with van der Waals surface area (Å²) in [5.41, 5.74) is 9.94. The van der Waals surface area contributed by atoms with Crippen molar-refractivity contribution in [3.63, 3.8) is 0 Å². The van der Waals surface area contributed by atoms with Crippen LogP contribution in [0.25, 0.3) is 5.69 Å². The standard InChI is InChI=1S/C24H31N3O6S/c1-14-13-27(20-11-24(2,3)12-21(28)22(14)20)16-6-9-18(23(25)29)19(10-16)26-15-4-7-17(8-5-15)33-34(30,31)32/h6,9-10,13,15,17,26H,4-5,7-8,11-12H2,1-3H3,(H2,25,29)(H,30,31,32). The summed E-state index contributed by atoms with van der Waals surface area (Å²) in [6.45, 7) is 6.12. The molecule has 1 aromatic carbocycles. The zero-order valence-corrected chi connectivity index (χ0v) is 20.4. The molecule has 1 heterocycles. The maximum absolute atomic E-state index is 12.8. The van der Waals surface area contributed by atoms with E-state index < -0.39 is 22.4 Å². The Balaban J connectivity index is 1.62. The maximum Gasteiger partial charge on any atom is 0.397 e. The van der Waals surface area contributed by atoms with Crippen LogP contribution in [0, 0.1) is 12.3 Å². The first-order valence-corrected chi connectivity index (χ1v) is 12.8. The summed E-state index contributed by atoms with van der Waals surface area (Å²) < 4.78 is 37.6. The van der Waals surface area contributed by atoms with Gasteiger partial charge in [0.15, 0.2) is 5.78 Å². The summed E-state index contributed by atoms with van der Waals surface area (Å²) in [4.78, 5) is 24.9. The third-order valence-corrected chi connectivity index (χ3v) is 7.21. The predicted octanol–water partition coefficient (Wildman–Crippen LogP) is 3.58. The molecular weight excluding hydrogens is 458 g/mol. The minimum atomic E-state index is -4.48. The van der Waals surface area contributed by atoms with E-state index in [0.29, 0.717) is 43.4 Å². The zero-order valence-electron chi connectivity index (χ0n) is 19.6. The van der Waals surface area contributed by atoms with E-state index in [2.05, 4.69) is 19.2 Å². The molecule has 1 amide bonds. The van der Waals surface area contributed by atoms with Crippen LogP contribution in [0.15, 0.2) is 24.4 Å². The van der Waals surface area contributed by atoms with E-state index in [0.717, 1.165) is 28.9 Å². The number of fused-ring (bicyclic) bond motifs is 1. The second kappa shape index (κ2) is 8.83. The maximum atomic E-state index is 12.8. The van der Waals surface area contributed by atoms with Gasteiger partial charge in [-0.3, -0.25) is 14.1 Å². The Hall–Kier alpha value is -2.69. The highest BCUT2D eigenvalue weighted by Gasteiger charge is 2.35. The number of anilines is 1. The molecule has 184 valence electrons. The van der Waals surface area contributed by atoms with Crippen LogP contribution in [0.4, 0.5) is 5.69 Å². The number of ketones is 1. The summed E-state index contributed by atoms with van der Waals surface area (Å²) in [7, 11) is -4.48. The smallest absolute Gasteiger partial charge is 0.382 e. The molecule has 0 atom stereocenters. The van der Waals surface area contributed by atoms with Gasteiger partial charge in [-0.25, -0.2) is 4.18 Å². The van der Waals surface area contributed by atoms with E-state index in [-0.39, 0.29) is 17.2 Å². The first-order chi connectivity index (χ1) is 15.8. The number of primary amides is 1. The van der Waals surface area contributed by atoms with Gasteiger partial charge in [-0.05, 0) is 68.2 Å². The molecule has 0 saturated heterocycles. The predicted molar refractivity (Wildman–Crippen MR) is 128 cm³/mol. The number of nitrogens with one attached hydrogen (secondary N) is 1. The second-order valence-corrected chi connectivity index (χ2v) is 11.2. The minimum absolute atomic E-state index is 0.0181. The molecule has 34 heavy (non-hydrogen) atoms. The number of rotatable bonds is 6. The van der Waals surface area contributed by atoms with Crippen molar-refractivity contribution in [2.45, 2.75) is 71.4 Å². The number of carbonyl (C=O) groups is 2. The fourth-order valence-electron chi connectivity index (χ4n) is 5.22. The molecule has 0 unspecified atom stereocenters. The lowest BCUT2D eigenvalue weighted by Gasteiger charge is -2.30. The molecule has 4 N–H and O–H groups in total. The summed E-state index contributed by atoms with van der Waals surface area (Å²) >= 11 is 0. The van der Waals surface area contributed by atoms with Crippen LogP contribution in [0.1, 0.15) is 77.9 Å². The van der Waals surface area contributed by atoms with Gasteiger partial charge < -0.3 is 15.6 Å². The highest BCUT2D eigenvalue weighted by molar-refractivity contribution is 7.80. The molecule has 9 nitrogen and oxygen atoms in total. The van der Waals surface area contributed by atoms with E-state index in [9.17, 15) is 18.0 Å². The molecule has 0 spiro atoms. The van der Waals surface area contributed by atoms with Crippen molar-refractivity contribution < 1.29 is 26.7 Å². The SMILES string of the molecule is Cc1cn(-c2ccc(C(N)=O)c(NC3CCC(OS(=O)(=O)O)CC3)c2)c2c1C(=O)CC(C)(C)C2. The average Bonchev–Trinajstić information content (AvgIpc) is 3.03. The Kier molecular flexibility index (Phi) is 6.34. The molecule has 0 bridgehead atoms. The third kappa shape index (κ3) is 5.18. The minimum Gasteiger partial charge on any atom is -0.382 e. The Bertz CT molecular complexity index is 1240. The summed E-state index contributed by atoms with van der Waals surface area (Å²) in [6.07, 6.45) is 4.78. The monoisotopic (exact) mass is 489 g/mol. The van der Waals surface area contributed by atoms with E-state index in [1.807, 2.05) is 29.8 Å². The molecular formula is C24H31N3O6S. The number of hydrogen-bond acceptors (Lipinski definition) is 6. The largest absolute Gasteiger partial charge is 0.397 e. The highest BCUT2D eigenvalue weighted by atomic mass is 32.3. The summed E-state index contributed by atoms with van der Waals surface area (Å²) in [5, 5.41) is 3.39. The van der Waals surface area contributed by atoms with Gasteiger partial charge in [0.05, 0.1) is 11.7 Å². The summed E-state index contributed by atoms with van der Waals surface area (Å²) in [6, 6.07) is 5.36. The van der Waals surface area contributed by atoms with Crippen LogP contribution in [-0.2, 0) is 21.0 Å². The van der Waals surface area contributed by atoms with Crippen LogP contribution in [0.5, 0.6) is 0 Å². The van der Waals surface area contributed by atoms with E-state index in [1.165, 1.54) is 0 Å².